The minimum Gasteiger partial charge on any atom is -0.398 e. The van der Waals surface area contributed by atoms with E-state index in [-0.39, 0.29) is 16.6 Å². The van der Waals surface area contributed by atoms with Crippen LogP contribution in [0, 0.1) is 0 Å². The number of anilines is 2. The minimum absolute atomic E-state index is 0.0623. The summed E-state index contributed by atoms with van der Waals surface area (Å²) in [5.74, 6) is 0. The summed E-state index contributed by atoms with van der Waals surface area (Å²) in [6.07, 6.45) is 3.11. The summed E-state index contributed by atoms with van der Waals surface area (Å²) >= 11 is 0. The summed E-state index contributed by atoms with van der Waals surface area (Å²) in [6.45, 7) is 3.92. The molecule has 0 radical (unpaired) electrons. The average Bonchev–Trinajstić information content (AvgIpc) is 2.77. The van der Waals surface area contributed by atoms with E-state index in [0.29, 0.717) is 5.69 Å². The summed E-state index contributed by atoms with van der Waals surface area (Å²) in [6, 6.07) is 6.49. The Labute approximate surface area is 112 Å². The van der Waals surface area contributed by atoms with E-state index in [1.54, 1.807) is 29.1 Å². The molecule has 0 saturated heterocycles. The van der Waals surface area contributed by atoms with Gasteiger partial charge in [-0.25, -0.2) is 8.42 Å². The van der Waals surface area contributed by atoms with Gasteiger partial charge in [0.1, 0.15) is 4.90 Å². The van der Waals surface area contributed by atoms with Gasteiger partial charge in [-0.05, 0) is 26.0 Å². The van der Waals surface area contributed by atoms with Gasteiger partial charge in [0.05, 0.1) is 17.6 Å². The van der Waals surface area contributed by atoms with E-state index in [1.807, 2.05) is 13.8 Å². The fourth-order valence-electron chi connectivity index (χ4n) is 1.61. The first-order valence-electron chi connectivity index (χ1n) is 5.81. The van der Waals surface area contributed by atoms with Gasteiger partial charge in [0.2, 0.25) is 0 Å². The highest BCUT2D eigenvalue weighted by Crippen LogP contribution is 2.21. The van der Waals surface area contributed by atoms with E-state index < -0.39 is 10.0 Å². The topological polar surface area (TPSA) is 90.0 Å². The number of hydrogen-bond acceptors (Lipinski definition) is 4. The molecular formula is C12H16N4O2S. The Hall–Kier alpha value is -2.02. The molecule has 2 rings (SSSR count). The average molecular weight is 280 g/mol. The Kier molecular flexibility index (Phi) is 3.48. The number of nitrogens with one attached hydrogen (secondary N) is 1. The van der Waals surface area contributed by atoms with Crippen molar-refractivity contribution >= 4 is 21.4 Å². The van der Waals surface area contributed by atoms with Crippen molar-refractivity contribution in [2.75, 3.05) is 10.5 Å². The van der Waals surface area contributed by atoms with Crippen molar-refractivity contribution in [1.29, 1.82) is 0 Å². The van der Waals surface area contributed by atoms with E-state index >= 15 is 0 Å². The molecule has 7 heteroatoms. The lowest BCUT2D eigenvalue weighted by Gasteiger charge is -2.08. The normalized spacial score (nSPS) is 11.7. The van der Waals surface area contributed by atoms with Crippen LogP contribution in [0.25, 0.3) is 0 Å². The van der Waals surface area contributed by atoms with Crippen LogP contribution in [0.15, 0.2) is 41.6 Å². The molecule has 0 fully saturated rings. The van der Waals surface area contributed by atoms with Crippen molar-refractivity contribution in [2.24, 2.45) is 0 Å². The third kappa shape index (κ3) is 2.87. The molecule has 0 atom stereocenters. The Bertz CT molecular complexity index is 677. The highest BCUT2D eigenvalue weighted by atomic mass is 32.2. The fraction of sp³-hybridized carbons (Fsp3) is 0.250. The van der Waals surface area contributed by atoms with Crippen LogP contribution < -0.4 is 10.5 Å². The standard InChI is InChI=1S/C12H16N4O2S/c1-9(2)16-8-10(7-14-16)15-19(17,18)12-6-4-3-5-11(12)13/h3-9,15H,13H2,1-2H3. The van der Waals surface area contributed by atoms with Crippen LogP contribution in [0.3, 0.4) is 0 Å². The number of nitrogens with two attached hydrogens (primary N) is 1. The molecule has 1 aromatic heterocycles. The first-order chi connectivity index (χ1) is 8.90. The van der Waals surface area contributed by atoms with Gasteiger partial charge in [-0.1, -0.05) is 12.1 Å². The Balaban J connectivity index is 2.29. The van der Waals surface area contributed by atoms with Gasteiger partial charge in [0.25, 0.3) is 10.0 Å². The quantitative estimate of drug-likeness (QED) is 0.836. The fourth-order valence-corrected chi connectivity index (χ4v) is 2.77. The Morgan fingerprint density at radius 1 is 1.32 bits per heavy atom. The zero-order valence-corrected chi connectivity index (χ0v) is 11.6. The van der Waals surface area contributed by atoms with Crippen molar-refractivity contribution in [3.63, 3.8) is 0 Å². The van der Waals surface area contributed by atoms with Crippen LogP contribution in [-0.2, 0) is 10.0 Å². The second-order valence-corrected chi connectivity index (χ2v) is 6.10. The van der Waals surface area contributed by atoms with Crippen molar-refractivity contribution in [3.05, 3.63) is 36.7 Å². The summed E-state index contributed by atoms with van der Waals surface area (Å²) < 4.78 is 28.5. The molecule has 1 heterocycles. The Morgan fingerprint density at radius 3 is 2.58 bits per heavy atom. The predicted molar refractivity (Wildman–Crippen MR) is 74.3 cm³/mol. The lowest BCUT2D eigenvalue weighted by Crippen LogP contribution is -2.14. The number of para-hydroxylation sites is 1. The molecule has 0 aliphatic rings. The highest BCUT2D eigenvalue weighted by Gasteiger charge is 2.17. The molecule has 0 amide bonds. The van der Waals surface area contributed by atoms with Gasteiger partial charge in [-0.3, -0.25) is 9.40 Å². The smallest absolute Gasteiger partial charge is 0.264 e. The number of nitrogen functional groups attached to an aromatic ring is 1. The number of sulfonamides is 1. The second-order valence-electron chi connectivity index (χ2n) is 4.45. The minimum atomic E-state index is -3.68. The number of hydrogen-bond donors (Lipinski definition) is 2. The van der Waals surface area contributed by atoms with Crippen LogP contribution >= 0.6 is 0 Å². The largest absolute Gasteiger partial charge is 0.398 e. The first-order valence-corrected chi connectivity index (χ1v) is 7.30. The molecule has 3 N–H and O–H groups in total. The van der Waals surface area contributed by atoms with Crippen LogP contribution in [0.1, 0.15) is 19.9 Å². The van der Waals surface area contributed by atoms with Gasteiger partial charge in [-0.15, -0.1) is 0 Å². The van der Waals surface area contributed by atoms with E-state index in [2.05, 4.69) is 9.82 Å². The van der Waals surface area contributed by atoms with Crippen molar-refractivity contribution in [1.82, 2.24) is 9.78 Å². The molecule has 0 aliphatic carbocycles. The van der Waals surface area contributed by atoms with E-state index in [1.165, 1.54) is 12.3 Å². The van der Waals surface area contributed by atoms with Gasteiger partial charge in [0, 0.05) is 12.2 Å². The molecule has 0 unspecified atom stereocenters. The molecule has 6 nitrogen and oxygen atoms in total. The van der Waals surface area contributed by atoms with Crippen molar-refractivity contribution in [3.8, 4) is 0 Å². The zero-order valence-electron chi connectivity index (χ0n) is 10.7. The van der Waals surface area contributed by atoms with Crippen LogP contribution in [0.5, 0.6) is 0 Å². The summed E-state index contributed by atoms with van der Waals surface area (Å²) in [5.41, 5.74) is 6.30. The van der Waals surface area contributed by atoms with E-state index in [9.17, 15) is 8.42 Å². The van der Waals surface area contributed by atoms with Crippen LogP contribution in [0.4, 0.5) is 11.4 Å². The summed E-state index contributed by atoms with van der Waals surface area (Å²) in [7, 11) is -3.68. The molecule has 0 spiro atoms. The van der Waals surface area contributed by atoms with E-state index in [0.717, 1.165) is 0 Å². The number of benzene rings is 1. The van der Waals surface area contributed by atoms with Crippen molar-refractivity contribution in [2.45, 2.75) is 24.8 Å². The summed E-state index contributed by atoms with van der Waals surface area (Å²) in [4.78, 5) is 0.0623. The second kappa shape index (κ2) is 4.93. The SMILES string of the molecule is CC(C)n1cc(NS(=O)(=O)c2ccccc2N)cn1. The first kappa shape index (κ1) is 13.4. The monoisotopic (exact) mass is 280 g/mol. The summed E-state index contributed by atoms with van der Waals surface area (Å²) in [5, 5.41) is 4.07. The molecule has 0 saturated carbocycles. The molecule has 19 heavy (non-hydrogen) atoms. The lowest BCUT2D eigenvalue weighted by atomic mass is 10.3. The molecule has 0 aliphatic heterocycles. The van der Waals surface area contributed by atoms with Crippen LogP contribution in [-0.4, -0.2) is 18.2 Å². The highest BCUT2D eigenvalue weighted by molar-refractivity contribution is 7.92. The van der Waals surface area contributed by atoms with Gasteiger partial charge < -0.3 is 5.73 Å². The number of rotatable bonds is 4. The zero-order chi connectivity index (χ0) is 14.0. The maximum absolute atomic E-state index is 12.2. The van der Waals surface area contributed by atoms with Crippen molar-refractivity contribution < 1.29 is 8.42 Å². The van der Waals surface area contributed by atoms with Crippen LogP contribution in [0.2, 0.25) is 0 Å². The maximum Gasteiger partial charge on any atom is 0.264 e. The number of aromatic nitrogens is 2. The number of nitrogens with zero attached hydrogens (tertiary/aromatic N) is 2. The molecular weight excluding hydrogens is 264 g/mol. The molecule has 1 aromatic carbocycles. The lowest BCUT2D eigenvalue weighted by molar-refractivity contribution is 0.532. The third-order valence-corrected chi connectivity index (χ3v) is 4.05. The molecule has 102 valence electrons. The molecule has 2 aromatic rings. The van der Waals surface area contributed by atoms with Gasteiger partial charge in [0.15, 0.2) is 0 Å². The maximum atomic E-state index is 12.2. The third-order valence-electron chi connectivity index (χ3n) is 2.59. The van der Waals surface area contributed by atoms with E-state index in [4.69, 9.17) is 5.73 Å². The predicted octanol–water partition coefficient (Wildman–Crippen LogP) is 1.85. The van der Waals surface area contributed by atoms with Gasteiger partial charge in [-0.2, -0.15) is 5.10 Å². The Morgan fingerprint density at radius 2 is 2.00 bits per heavy atom. The molecule has 0 bridgehead atoms. The van der Waals surface area contributed by atoms with Gasteiger partial charge >= 0.3 is 0 Å².